The van der Waals surface area contributed by atoms with Crippen molar-refractivity contribution in [2.45, 2.75) is 20.3 Å². The fraction of sp³-hybridized carbons (Fsp3) is 0.526. The van der Waals surface area contributed by atoms with Crippen LogP contribution in [0.3, 0.4) is 0 Å². The summed E-state index contributed by atoms with van der Waals surface area (Å²) in [6, 6.07) is 3.70. The number of methoxy groups -OCH3 is 1. The molecule has 0 unspecified atom stereocenters. The standard InChI is InChI=1S/C19H25N3O7/c1-12-6-13(2)10-21(9-12)17(23)11-29-18(24)8-20-19(25)14-4-5-16(28-3)15(7-14)22(26)27/h4-5,7,12-13H,6,8-11H2,1-3H3,(H,20,25)/t12-,13+. The minimum absolute atomic E-state index is 0.00216. The van der Waals surface area contributed by atoms with Crippen molar-refractivity contribution in [1.82, 2.24) is 10.2 Å². The Morgan fingerprint density at radius 1 is 1.24 bits per heavy atom. The van der Waals surface area contributed by atoms with E-state index in [1.165, 1.54) is 19.2 Å². The first-order valence-electron chi connectivity index (χ1n) is 9.25. The largest absolute Gasteiger partial charge is 0.490 e. The Labute approximate surface area is 168 Å². The molecule has 0 spiro atoms. The van der Waals surface area contributed by atoms with E-state index < -0.39 is 23.3 Å². The predicted molar refractivity (Wildman–Crippen MR) is 102 cm³/mol. The van der Waals surface area contributed by atoms with Gasteiger partial charge in [-0.2, -0.15) is 0 Å². The van der Waals surface area contributed by atoms with Crippen molar-refractivity contribution < 1.29 is 28.8 Å². The quantitative estimate of drug-likeness (QED) is 0.411. The van der Waals surface area contributed by atoms with E-state index in [1.54, 1.807) is 4.90 Å². The second-order valence-corrected chi connectivity index (χ2v) is 7.23. The molecule has 158 valence electrons. The number of nitro benzene ring substituents is 1. The van der Waals surface area contributed by atoms with Gasteiger partial charge in [-0.1, -0.05) is 13.8 Å². The van der Waals surface area contributed by atoms with Gasteiger partial charge >= 0.3 is 11.7 Å². The Morgan fingerprint density at radius 3 is 2.48 bits per heavy atom. The first kappa shape index (κ1) is 22.1. The number of rotatable bonds is 7. The van der Waals surface area contributed by atoms with Gasteiger partial charge in [0, 0.05) is 24.7 Å². The number of hydrogen-bond acceptors (Lipinski definition) is 7. The molecule has 1 N–H and O–H groups in total. The highest BCUT2D eigenvalue weighted by Crippen LogP contribution is 2.27. The smallest absolute Gasteiger partial charge is 0.325 e. The summed E-state index contributed by atoms with van der Waals surface area (Å²) in [6.45, 7) is 4.56. The molecule has 0 aromatic heterocycles. The zero-order chi connectivity index (χ0) is 21.6. The van der Waals surface area contributed by atoms with Gasteiger partial charge in [-0.05, 0) is 30.4 Å². The van der Waals surface area contributed by atoms with Crippen LogP contribution >= 0.6 is 0 Å². The molecule has 0 saturated carbocycles. The molecule has 1 aliphatic rings. The molecule has 29 heavy (non-hydrogen) atoms. The van der Waals surface area contributed by atoms with Crippen LogP contribution in [0.2, 0.25) is 0 Å². The lowest BCUT2D eigenvalue weighted by molar-refractivity contribution is -0.385. The molecule has 10 nitrogen and oxygen atoms in total. The lowest BCUT2D eigenvalue weighted by atomic mass is 9.92. The van der Waals surface area contributed by atoms with Gasteiger partial charge in [0.05, 0.1) is 12.0 Å². The zero-order valence-electron chi connectivity index (χ0n) is 16.7. The van der Waals surface area contributed by atoms with Crippen molar-refractivity contribution in [3.63, 3.8) is 0 Å². The van der Waals surface area contributed by atoms with E-state index in [0.29, 0.717) is 24.9 Å². The third-order valence-electron chi connectivity index (χ3n) is 4.61. The summed E-state index contributed by atoms with van der Waals surface area (Å²) in [6.07, 6.45) is 1.05. The number of carbonyl (C=O) groups is 3. The van der Waals surface area contributed by atoms with E-state index in [4.69, 9.17) is 9.47 Å². The van der Waals surface area contributed by atoms with Crippen LogP contribution in [-0.2, 0) is 14.3 Å². The number of nitrogens with one attached hydrogen (secondary N) is 1. The van der Waals surface area contributed by atoms with Gasteiger partial charge in [-0.25, -0.2) is 0 Å². The lowest BCUT2D eigenvalue weighted by Crippen LogP contribution is -2.44. The SMILES string of the molecule is COc1ccc(C(=O)NCC(=O)OCC(=O)N2C[C@H](C)C[C@H](C)C2)cc1[N+](=O)[O-]. The Hall–Kier alpha value is -3.17. The average Bonchev–Trinajstić information content (AvgIpc) is 2.68. The third kappa shape index (κ3) is 6.16. The first-order chi connectivity index (χ1) is 13.7. The van der Waals surface area contributed by atoms with Crippen LogP contribution < -0.4 is 10.1 Å². The number of carbonyl (C=O) groups excluding carboxylic acids is 3. The summed E-state index contributed by atoms with van der Waals surface area (Å²) in [5.74, 6) is -0.914. The van der Waals surface area contributed by atoms with Crippen LogP contribution in [0.5, 0.6) is 5.75 Å². The van der Waals surface area contributed by atoms with Crippen LogP contribution in [-0.4, -0.2) is 61.0 Å². The van der Waals surface area contributed by atoms with Crippen molar-refractivity contribution >= 4 is 23.5 Å². The van der Waals surface area contributed by atoms with Crippen LogP contribution in [0.1, 0.15) is 30.6 Å². The van der Waals surface area contributed by atoms with Gasteiger partial charge in [0.15, 0.2) is 12.4 Å². The average molecular weight is 407 g/mol. The Kier molecular flexibility index (Phi) is 7.52. The minimum Gasteiger partial charge on any atom is -0.490 e. The van der Waals surface area contributed by atoms with Crippen LogP contribution in [0.4, 0.5) is 5.69 Å². The fourth-order valence-electron chi connectivity index (χ4n) is 3.38. The predicted octanol–water partition coefficient (Wildman–Crippen LogP) is 1.38. The topological polar surface area (TPSA) is 128 Å². The van der Waals surface area contributed by atoms with Gasteiger partial charge in [0.2, 0.25) is 0 Å². The van der Waals surface area contributed by atoms with Gasteiger partial charge in [-0.15, -0.1) is 0 Å². The van der Waals surface area contributed by atoms with E-state index in [9.17, 15) is 24.5 Å². The number of nitro groups is 1. The van der Waals surface area contributed by atoms with Crippen LogP contribution in [0, 0.1) is 22.0 Å². The molecular weight excluding hydrogens is 382 g/mol. The number of nitrogens with zero attached hydrogens (tertiary/aromatic N) is 2. The first-order valence-corrected chi connectivity index (χ1v) is 9.25. The third-order valence-corrected chi connectivity index (χ3v) is 4.61. The molecule has 1 heterocycles. The number of hydrogen-bond donors (Lipinski definition) is 1. The van der Waals surface area contributed by atoms with E-state index in [0.717, 1.165) is 12.5 Å². The second-order valence-electron chi connectivity index (χ2n) is 7.23. The lowest BCUT2D eigenvalue weighted by Gasteiger charge is -2.34. The van der Waals surface area contributed by atoms with Crippen molar-refractivity contribution in [2.24, 2.45) is 11.8 Å². The summed E-state index contributed by atoms with van der Waals surface area (Å²) in [7, 11) is 1.28. The molecule has 10 heteroatoms. The van der Waals surface area contributed by atoms with Gasteiger partial charge in [0.25, 0.3) is 11.8 Å². The number of piperidine rings is 1. The number of esters is 1. The zero-order valence-corrected chi connectivity index (χ0v) is 16.7. The molecule has 1 aromatic carbocycles. The van der Waals surface area contributed by atoms with Gasteiger partial charge in [0.1, 0.15) is 6.54 Å². The second kappa shape index (κ2) is 9.85. The monoisotopic (exact) mass is 407 g/mol. The molecule has 1 aliphatic heterocycles. The molecule has 2 rings (SSSR count). The molecule has 2 atom stereocenters. The molecule has 2 amide bonds. The summed E-state index contributed by atoms with van der Waals surface area (Å²) >= 11 is 0. The molecule has 1 saturated heterocycles. The molecule has 0 aliphatic carbocycles. The molecule has 0 radical (unpaired) electrons. The fourth-order valence-corrected chi connectivity index (χ4v) is 3.38. The Balaban J connectivity index is 1.83. The Bertz CT molecular complexity index is 786. The van der Waals surface area contributed by atoms with Gasteiger partial charge < -0.3 is 19.7 Å². The highest BCUT2D eigenvalue weighted by atomic mass is 16.6. The highest BCUT2D eigenvalue weighted by Gasteiger charge is 2.26. The Morgan fingerprint density at radius 2 is 1.90 bits per heavy atom. The van der Waals surface area contributed by atoms with E-state index in [-0.39, 0.29) is 29.5 Å². The summed E-state index contributed by atoms with van der Waals surface area (Å²) < 4.78 is 9.81. The summed E-state index contributed by atoms with van der Waals surface area (Å²) in [5, 5.41) is 13.3. The van der Waals surface area contributed by atoms with Crippen molar-refractivity contribution in [1.29, 1.82) is 0 Å². The van der Waals surface area contributed by atoms with Crippen molar-refractivity contribution in [2.75, 3.05) is 33.4 Å². The van der Waals surface area contributed by atoms with Crippen molar-refractivity contribution in [3.8, 4) is 5.75 Å². The molecule has 1 aromatic rings. The van der Waals surface area contributed by atoms with E-state index in [1.807, 2.05) is 0 Å². The normalized spacial score (nSPS) is 18.7. The molecule has 0 bridgehead atoms. The number of benzene rings is 1. The summed E-state index contributed by atoms with van der Waals surface area (Å²) in [4.78, 5) is 48.2. The molecular formula is C19H25N3O7. The number of ether oxygens (including phenoxy) is 2. The number of amides is 2. The summed E-state index contributed by atoms with van der Waals surface area (Å²) in [5.41, 5.74) is -0.365. The minimum atomic E-state index is -0.771. The van der Waals surface area contributed by atoms with Gasteiger partial charge in [-0.3, -0.25) is 24.5 Å². The maximum atomic E-state index is 12.2. The van der Waals surface area contributed by atoms with Crippen LogP contribution in [0.15, 0.2) is 18.2 Å². The van der Waals surface area contributed by atoms with Crippen LogP contribution in [0.25, 0.3) is 0 Å². The highest BCUT2D eigenvalue weighted by molar-refractivity contribution is 5.97. The van der Waals surface area contributed by atoms with Crippen molar-refractivity contribution in [3.05, 3.63) is 33.9 Å². The van der Waals surface area contributed by atoms with E-state index in [2.05, 4.69) is 19.2 Å². The maximum absolute atomic E-state index is 12.2. The molecule has 1 fully saturated rings. The maximum Gasteiger partial charge on any atom is 0.325 e. The van der Waals surface area contributed by atoms with E-state index >= 15 is 0 Å². The number of likely N-dealkylation sites (tertiary alicyclic amines) is 1.